The van der Waals surface area contributed by atoms with Crippen molar-refractivity contribution < 1.29 is 9.90 Å². The molecule has 1 atom stereocenters. The molecule has 0 aromatic heterocycles. The first-order chi connectivity index (χ1) is 14.2. The fourth-order valence-electron chi connectivity index (χ4n) is 3.32. The van der Waals surface area contributed by atoms with Crippen LogP contribution in [0.3, 0.4) is 0 Å². The van der Waals surface area contributed by atoms with Gasteiger partial charge in [0.1, 0.15) is 0 Å². The van der Waals surface area contributed by atoms with Crippen molar-refractivity contribution in [2.75, 3.05) is 13.2 Å². The van der Waals surface area contributed by atoms with Gasteiger partial charge in [0.25, 0.3) is 0 Å². The maximum atomic E-state index is 12.2. The highest BCUT2D eigenvalue weighted by Gasteiger charge is 2.14. The topological polar surface area (TPSA) is 61.7 Å². The second-order valence-corrected chi connectivity index (χ2v) is 8.07. The van der Waals surface area contributed by atoms with E-state index in [2.05, 4.69) is 17.2 Å². The summed E-state index contributed by atoms with van der Waals surface area (Å²) >= 11 is 0. The predicted molar refractivity (Wildman–Crippen MR) is 124 cm³/mol. The van der Waals surface area contributed by atoms with E-state index in [0.29, 0.717) is 6.54 Å². The number of hydrogen-bond acceptors (Lipinski definition) is 3. The highest BCUT2D eigenvalue weighted by atomic mass is 16.3. The number of amides is 1. The number of unbranched alkanes of at least 4 members (excludes halogenated alkanes) is 11. The molecular formula is C25H42N2O2. The van der Waals surface area contributed by atoms with Crippen molar-refractivity contribution in [3.63, 3.8) is 0 Å². The van der Waals surface area contributed by atoms with Gasteiger partial charge in [0, 0.05) is 12.8 Å². The lowest BCUT2D eigenvalue weighted by Crippen LogP contribution is -2.36. The molecule has 0 aliphatic carbocycles. The van der Waals surface area contributed by atoms with Crippen LogP contribution in [0.4, 0.5) is 0 Å². The van der Waals surface area contributed by atoms with E-state index in [4.69, 9.17) is 0 Å². The molecule has 1 rings (SSSR count). The van der Waals surface area contributed by atoms with Crippen molar-refractivity contribution in [2.45, 2.75) is 96.9 Å². The standard InChI is InChI=1S/C25H42N2O2/c1-3-4-5-6-7-8-9-10-11-12-13-14-19-26-25(29)24(21-28)27-20-23-17-15-22(2)16-18-23/h15-18,20,24,28H,3-14,19,21H2,1-2H3,(H,26,29)/t24-/m0/s1. The normalized spacial score (nSPS) is 12.4. The number of aliphatic hydroxyl groups excluding tert-OH is 1. The Kier molecular flexibility index (Phi) is 15.0. The Bertz CT molecular complexity index is 554. The molecule has 0 spiro atoms. The second kappa shape index (κ2) is 17.2. The molecule has 2 N–H and O–H groups in total. The lowest BCUT2D eigenvalue weighted by atomic mass is 10.1. The summed E-state index contributed by atoms with van der Waals surface area (Å²) in [6, 6.07) is 7.19. The summed E-state index contributed by atoms with van der Waals surface area (Å²) in [5, 5.41) is 12.3. The van der Waals surface area contributed by atoms with Crippen LogP contribution in [0.15, 0.2) is 29.3 Å². The minimum Gasteiger partial charge on any atom is -0.394 e. The summed E-state index contributed by atoms with van der Waals surface area (Å²) in [6.45, 7) is 4.68. The Morgan fingerprint density at radius 1 is 0.931 bits per heavy atom. The quantitative estimate of drug-likeness (QED) is 0.263. The van der Waals surface area contributed by atoms with Gasteiger partial charge in [0.2, 0.25) is 5.91 Å². The fourth-order valence-corrected chi connectivity index (χ4v) is 3.32. The van der Waals surface area contributed by atoms with Crippen LogP contribution in [-0.4, -0.2) is 36.4 Å². The molecule has 0 radical (unpaired) electrons. The minimum absolute atomic E-state index is 0.195. The molecule has 1 aromatic rings. The van der Waals surface area contributed by atoms with Crippen molar-refractivity contribution in [3.05, 3.63) is 35.4 Å². The Balaban J connectivity index is 2.04. The number of aryl methyl sites for hydroxylation is 1. The summed E-state index contributed by atoms with van der Waals surface area (Å²) in [4.78, 5) is 16.4. The monoisotopic (exact) mass is 402 g/mol. The Morgan fingerprint density at radius 3 is 1.97 bits per heavy atom. The summed E-state index contributed by atoms with van der Waals surface area (Å²) in [6.07, 6.45) is 17.3. The number of carbonyl (C=O) groups excluding carboxylic acids is 1. The Hall–Kier alpha value is -1.68. The average Bonchev–Trinajstić information content (AvgIpc) is 2.73. The molecule has 0 fully saturated rings. The zero-order valence-electron chi connectivity index (χ0n) is 18.7. The van der Waals surface area contributed by atoms with Gasteiger partial charge >= 0.3 is 0 Å². The minimum atomic E-state index is -0.728. The van der Waals surface area contributed by atoms with Crippen molar-refractivity contribution in [1.82, 2.24) is 5.32 Å². The Labute approximate surface area is 178 Å². The average molecular weight is 403 g/mol. The van der Waals surface area contributed by atoms with Crippen molar-refractivity contribution >= 4 is 12.1 Å². The lowest BCUT2D eigenvalue weighted by Gasteiger charge is -2.10. The third-order valence-electron chi connectivity index (χ3n) is 5.29. The van der Waals surface area contributed by atoms with Crippen LogP contribution in [0.1, 0.15) is 95.1 Å². The van der Waals surface area contributed by atoms with E-state index in [0.717, 1.165) is 18.4 Å². The van der Waals surface area contributed by atoms with Crippen molar-refractivity contribution in [3.8, 4) is 0 Å². The first-order valence-corrected chi connectivity index (χ1v) is 11.7. The van der Waals surface area contributed by atoms with E-state index in [9.17, 15) is 9.90 Å². The number of aliphatic hydroxyl groups is 1. The predicted octanol–water partition coefficient (Wildman–Crippen LogP) is 5.59. The first-order valence-electron chi connectivity index (χ1n) is 11.7. The van der Waals surface area contributed by atoms with Crippen LogP contribution < -0.4 is 5.32 Å². The number of nitrogens with zero attached hydrogens (tertiary/aromatic N) is 1. The zero-order chi connectivity index (χ0) is 21.2. The number of carbonyl (C=O) groups is 1. The largest absolute Gasteiger partial charge is 0.394 e. The van der Waals surface area contributed by atoms with E-state index in [1.807, 2.05) is 31.2 Å². The second-order valence-electron chi connectivity index (χ2n) is 8.07. The third-order valence-corrected chi connectivity index (χ3v) is 5.29. The zero-order valence-corrected chi connectivity index (χ0v) is 18.7. The van der Waals surface area contributed by atoms with E-state index in [-0.39, 0.29) is 12.5 Å². The summed E-state index contributed by atoms with van der Waals surface area (Å²) in [5.41, 5.74) is 2.11. The molecule has 4 heteroatoms. The van der Waals surface area contributed by atoms with Crippen molar-refractivity contribution in [1.29, 1.82) is 0 Å². The van der Waals surface area contributed by atoms with Crippen LogP contribution in [-0.2, 0) is 4.79 Å². The van der Waals surface area contributed by atoms with Gasteiger partial charge in [-0.15, -0.1) is 0 Å². The maximum absolute atomic E-state index is 12.2. The molecule has 0 heterocycles. The molecule has 0 bridgehead atoms. The maximum Gasteiger partial charge on any atom is 0.247 e. The van der Waals surface area contributed by atoms with E-state index >= 15 is 0 Å². The SMILES string of the molecule is CCCCCCCCCCCCCCNC(=O)[C@H](CO)N=Cc1ccc(C)cc1. The molecule has 0 aliphatic rings. The van der Waals surface area contributed by atoms with Gasteiger partial charge in [-0.3, -0.25) is 9.79 Å². The van der Waals surface area contributed by atoms with Gasteiger partial charge in [-0.05, 0) is 18.9 Å². The summed E-state index contributed by atoms with van der Waals surface area (Å²) < 4.78 is 0. The molecule has 0 aliphatic heterocycles. The fraction of sp³-hybridized carbons (Fsp3) is 0.680. The molecule has 0 unspecified atom stereocenters. The van der Waals surface area contributed by atoms with Crippen LogP contribution in [0, 0.1) is 6.92 Å². The third kappa shape index (κ3) is 13.2. The highest BCUT2D eigenvalue weighted by molar-refractivity contribution is 5.86. The summed E-state index contributed by atoms with van der Waals surface area (Å²) in [5.74, 6) is -0.195. The van der Waals surface area contributed by atoms with Crippen LogP contribution in [0.25, 0.3) is 0 Å². The van der Waals surface area contributed by atoms with Crippen LogP contribution in [0.2, 0.25) is 0 Å². The van der Waals surface area contributed by atoms with E-state index < -0.39 is 6.04 Å². The van der Waals surface area contributed by atoms with Gasteiger partial charge in [0.05, 0.1) is 6.61 Å². The van der Waals surface area contributed by atoms with E-state index in [1.165, 1.54) is 69.8 Å². The van der Waals surface area contributed by atoms with Gasteiger partial charge in [-0.2, -0.15) is 0 Å². The smallest absolute Gasteiger partial charge is 0.247 e. The molecular weight excluding hydrogens is 360 g/mol. The molecule has 1 aromatic carbocycles. The first kappa shape index (κ1) is 25.4. The van der Waals surface area contributed by atoms with Gasteiger partial charge < -0.3 is 10.4 Å². The van der Waals surface area contributed by atoms with Crippen LogP contribution in [0.5, 0.6) is 0 Å². The number of nitrogens with one attached hydrogen (secondary N) is 1. The van der Waals surface area contributed by atoms with Crippen LogP contribution >= 0.6 is 0 Å². The van der Waals surface area contributed by atoms with Gasteiger partial charge in [-0.25, -0.2) is 0 Å². The van der Waals surface area contributed by atoms with Gasteiger partial charge in [0.15, 0.2) is 6.04 Å². The Morgan fingerprint density at radius 2 is 1.45 bits per heavy atom. The van der Waals surface area contributed by atoms with Gasteiger partial charge in [-0.1, -0.05) is 107 Å². The molecule has 29 heavy (non-hydrogen) atoms. The summed E-state index contributed by atoms with van der Waals surface area (Å²) in [7, 11) is 0. The highest BCUT2D eigenvalue weighted by Crippen LogP contribution is 2.11. The molecule has 0 saturated carbocycles. The molecule has 164 valence electrons. The number of benzene rings is 1. The number of aliphatic imine (C=N–C) groups is 1. The van der Waals surface area contributed by atoms with E-state index in [1.54, 1.807) is 6.21 Å². The lowest BCUT2D eigenvalue weighted by molar-refractivity contribution is -0.123. The molecule has 1 amide bonds. The molecule has 0 saturated heterocycles. The number of hydrogen-bond donors (Lipinski definition) is 2. The number of rotatable bonds is 17. The molecule has 4 nitrogen and oxygen atoms in total. The van der Waals surface area contributed by atoms with Crippen molar-refractivity contribution in [2.24, 2.45) is 4.99 Å².